The number of pyridine rings is 1. The van der Waals surface area contributed by atoms with Gasteiger partial charge < -0.3 is 0 Å². The maximum atomic E-state index is 12.2. The quantitative estimate of drug-likeness (QED) is 0.403. The predicted octanol–water partition coefficient (Wildman–Crippen LogP) is 3.89. The zero-order valence-electron chi connectivity index (χ0n) is 18.2. The molecule has 0 unspecified atom stereocenters. The molecule has 160 valence electrons. The van der Waals surface area contributed by atoms with Gasteiger partial charge >= 0.3 is 0 Å². The molecule has 2 aromatic carbocycles. The Morgan fingerprint density at radius 1 is 0.710 bits per heavy atom. The minimum Gasteiger partial charge on any atom is -0.296 e. The van der Waals surface area contributed by atoms with E-state index in [1.54, 1.807) is 0 Å². The second-order valence-corrected chi connectivity index (χ2v) is 8.04. The number of hydrogen-bond acceptors (Lipinski definition) is 2. The Morgan fingerprint density at radius 2 is 1.32 bits per heavy atom. The third kappa shape index (κ3) is 8.17. The summed E-state index contributed by atoms with van der Waals surface area (Å²) in [6.07, 6.45) is 9.53. The van der Waals surface area contributed by atoms with E-state index >= 15 is 0 Å². The van der Waals surface area contributed by atoms with Gasteiger partial charge in [-0.25, -0.2) is 4.57 Å². The van der Waals surface area contributed by atoms with Crippen LogP contribution >= 0.6 is 0 Å². The summed E-state index contributed by atoms with van der Waals surface area (Å²) < 4.78 is 1.95. The van der Waals surface area contributed by atoms with Crippen molar-refractivity contribution >= 4 is 11.8 Å². The number of carbonyl (C=O) groups excluding carboxylic acids is 2. The lowest BCUT2D eigenvalue weighted by Crippen LogP contribution is -2.32. The second kappa shape index (κ2) is 11.8. The van der Waals surface area contributed by atoms with Crippen molar-refractivity contribution in [3.05, 3.63) is 101 Å². The van der Waals surface area contributed by atoms with Crippen molar-refractivity contribution in [2.45, 2.75) is 44.9 Å². The van der Waals surface area contributed by atoms with E-state index in [0.717, 1.165) is 36.8 Å². The summed E-state index contributed by atoms with van der Waals surface area (Å²) in [6.45, 7) is 0. The normalized spacial score (nSPS) is 10.6. The highest BCUT2D eigenvalue weighted by Crippen LogP contribution is 2.11. The zero-order valence-corrected chi connectivity index (χ0v) is 18.2. The molecule has 0 spiro atoms. The van der Waals surface area contributed by atoms with E-state index in [0.29, 0.717) is 12.8 Å². The molecule has 4 nitrogen and oxygen atoms in total. The number of aromatic nitrogens is 1. The highest BCUT2D eigenvalue weighted by Gasteiger charge is 2.10. The van der Waals surface area contributed by atoms with Crippen molar-refractivity contribution in [1.29, 1.82) is 0 Å². The minimum atomic E-state index is -0.251. The number of unbranched alkanes of at least 4 members (excludes halogenated alkanes) is 1. The smallest absolute Gasteiger partial charge is 0.230 e. The Hall–Kier alpha value is -3.27. The molecule has 0 atom stereocenters. The van der Waals surface area contributed by atoms with Crippen molar-refractivity contribution in [2.75, 3.05) is 0 Å². The molecule has 4 heteroatoms. The molecule has 0 radical (unpaired) electrons. The maximum Gasteiger partial charge on any atom is 0.230 e. The lowest BCUT2D eigenvalue weighted by atomic mass is 10.0. The molecular formula is C27H31N2O2+. The molecule has 31 heavy (non-hydrogen) atoms. The van der Waals surface area contributed by atoms with Gasteiger partial charge in [0.1, 0.15) is 7.05 Å². The van der Waals surface area contributed by atoms with Crippen LogP contribution in [0.5, 0.6) is 0 Å². The van der Waals surface area contributed by atoms with Crippen LogP contribution in [0.1, 0.15) is 41.5 Å². The molecule has 2 amide bonds. The van der Waals surface area contributed by atoms with Crippen molar-refractivity contribution in [3.63, 3.8) is 0 Å². The topological polar surface area (TPSA) is 50.0 Å². The molecule has 3 aromatic rings. The van der Waals surface area contributed by atoms with Crippen LogP contribution in [0.4, 0.5) is 0 Å². The summed E-state index contributed by atoms with van der Waals surface area (Å²) in [5.41, 5.74) is 4.67. The van der Waals surface area contributed by atoms with Gasteiger partial charge in [0.25, 0.3) is 0 Å². The number of nitrogens with one attached hydrogen (secondary N) is 1. The van der Waals surface area contributed by atoms with Crippen LogP contribution in [0.3, 0.4) is 0 Å². The fraction of sp³-hybridized carbons (Fsp3) is 0.296. The minimum absolute atomic E-state index is 0.223. The molecule has 0 aliphatic heterocycles. The first-order chi connectivity index (χ1) is 15.1. The van der Waals surface area contributed by atoms with E-state index in [1.165, 1.54) is 11.1 Å². The van der Waals surface area contributed by atoms with Gasteiger partial charge in [-0.3, -0.25) is 14.9 Å². The first-order valence-corrected chi connectivity index (χ1v) is 11.0. The van der Waals surface area contributed by atoms with Crippen molar-refractivity contribution in [3.8, 4) is 0 Å². The number of benzene rings is 2. The Balaban J connectivity index is 1.35. The first-order valence-electron chi connectivity index (χ1n) is 11.0. The molecule has 0 bridgehead atoms. The van der Waals surface area contributed by atoms with E-state index in [2.05, 4.69) is 41.7 Å². The molecule has 0 fully saturated rings. The van der Waals surface area contributed by atoms with Crippen molar-refractivity contribution < 1.29 is 14.2 Å². The molecule has 1 aromatic heterocycles. The number of rotatable bonds is 10. The Morgan fingerprint density at radius 3 is 2.00 bits per heavy atom. The third-order valence-electron chi connectivity index (χ3n) is 5.33. The summed E-state index contributed by atoms with van der Waals surface area (Å²) in [5, 5.41) is 2.50. The van der Waals surface area contributed by atoms with Crippen molar-refractivity contribution in [2.24, 2.45) is 7.05 Å². The number of imide groups is 1. The number of amides is 2. The van der Waals surface area contributed by atoms with Crippen LogP contribution in [-0.2, 0) is 42.3 Å². The summed E-state index contributed by atoms with van der Waals surface area (Å²) in [4.78, 5) is 24.2. The molecule has 0 aliphatic rings. The SMILES string of the molecule is C[n+]1cccc(CCC(=O)NC(=O)Cc2ccc(CCCCc3ccccc3)cc2)c1. The molecule has 1 heterocycles. The van der Waals surface area contributed by atoms with Gasteiger partial charge in [0.15, 0.2) is 12.4 Å². The number of aryl methyl sites for hydroxylation is 4. The summed E-state index contributed by atoms with van der Waals surface area (Å²) in [7, 11) is 1.95. The number of hydrogen-bond donors (Lipinski definition) is 1. The zero-order chi connectivity index (χ0) is 21.9. The first kappa shape index (κ1) is 22.4. The fourth-order valence-corrected chi connectivity index (χ4v) is 3.63. The van der Waals surface area contributed by atoms with Crippen LogP contribution in [0.25, 0.3) is 0 Å². The van der Waals surface area contributed by atoms with Crippen LogP contribution in [-0.4, -0.2) is 11.8 Å². The van der Waals surface area contributed by atoms with Crippen LogP contribution in [0.2, 0.25) is 0 Å². The van der Waals surface area contributed by atoms with Gasteiger partial charge in [0.05, 0.1) is 6.42 Å². The number of carbonyl (C=O) groups is 2. The average Bonchev–Trinajstić information content (AvgIpc) is 2.77. The van der Waals surface area contributed by atoms with Crippen LogP contribution in [0.15, 0.2) is 79.1 Å². The van der Waals surface area contributed by atoms with Gasteiger partial charge in [-0.15, -0.1) is 0 Å². The second-order valence-electron chi connectivity index (χ2n) is 8.04. The van der Waals surface area contributed by atoms with Crippen LogP contribution < -0.4 is 9.88 Å². The molecule has 1 N–H and O–H groups in total. The van der Waals surface area contributed by atoms with E-state index in [9.17, 15) is 9.59 Å². The lowest BCUT2D eigenvalue weighted by Gasteiger charge is -2.06. The van der Waals surface area contributed by atoms with Gasteiger partial charge in [-0.2, -0.15) is 0 Å². The highest BCUT2D eigenvalue weighted by molar-refractivity contribution is 5.96. The van der Waals surface area contributed by atoms with Crippen LogP contribution in [0, 0.1) is 0 Å². The predicted molar refractivity (Wildman–Crippen MR) is 122 cm³/mol. The Kier molecular flexibility index (Phi) is 8.53. The summed E-state index contributed by atoms with van der Waals surface area (Å²) in [5.74, 6) is -0.481. The fourth-order valence-electron chi connectivity index (χ4n) is 3.63. The monoisotopic (exact) mass is 415 g/mol. The van der Waals surface area contributed by atoms with E-state index in [4.69, 9.17) is 0 Å². The summed E-state index contributed by atoms with van der Waals surface area (Å²) >= 11 is 0. The maximum absolute atomic E-state index is 12.2. The van der Waals surface area contributed by atoms with Crippen molar-refractivity contribution in [1.82, 2.24) is 5.32 Å². The third-order valence-corrected chi connectivity index (χ3v) is 5.33. The van der Waals surface area contributed by atoms with Gasteiger partial charge in [-0.05, 0) is 54.9 Å². The Bertz CT molecular complexity index is 982. The summed E-state index contributed by atoms with van der Waals surface area (Å²) in [6, 6.07) is 22.6. The largest absolute Gasteiger partial charge is 0.296 e. The van der Waals surface area contributed by atoms with Gasteiger partial charge in [0, 0.05) is 18.1 Å². The van der Waals surface area contributed by atoms with E-state index in [1.807, 2.05) is 54.3 Å². The molecule has 0 saturated heterocycles. The molecular weight excluding hydrogens is 384 g/mol. The standard InChI is InChI=1S/C27H30N2O2/c1-29-19-7-12-25(21-29)17-18-26(30)28-27(31)20-24-15-13-23(14-16-24)11-6-5-10-22-8-3-2-4-9-22/h2-4,7-9,12-16,19,21H,5-6,10-11,17-18,20H2,1H3/p+1. The van der Waals surface area contributed by atoms with Gasteiger partial charge in [-0.1, -0.05) is 54.6 Å². The molecule has 0 aliphatic carbocycles. The van der Waals surface area contributed by atoms with E-state index in [-0.39, 0.29) is 18.2 Å². The number of nitrogens with zero attached hydrogens (tertiary/aromatic N) is 1. The molecule has 0 saturated carbocycles. The van der Waals surface area contributed by atoms with E-state index < -0.39 is 0 Å². The highest BCUT2D eigenvalue weighted by atomic mass is 16.2. The lowest BCUT2D eigenvalue weighted by molar-refractivity contribution is -0.671. The Labute approximate surface area is 184 Å². The molecule has 3 rings (SSSR count). The average molecular weight is 416 g/mol. The van der Waals surface area contributed by atoms with Gasteiger partial charge in [0.2, 0.25) is 11.8 Å².